The third-order valence-corrected chi connectivity index (χ3v) is 2.27. The summed E-state index contributed by atoms with van der Waals surface area (Å²) in [7, 11) is 0. The van der Waals surface area contributed by atoms with Gasteiger partial charge in [0.2, 0.25) is 0 Å². The van der Waals surface area contributed by atoms with Crippen molar-refractivity contribution in [3.63, 3.8) is 0 Å². The van der Waals surface area contributed by atoms with Gasteiger partial charge >= 0.3 is 0 Å². The zero-order valence-corrected chi connectivity index (χ0v) is 9.26. The Morgan fingerprint density at radius 2 is 2.18 bits per heavy atom. The van der Waals surface area contributed by atoms with Crippen LogP contribution in [0.3, 0.4) is 0 Å². The number of ether oxygens (including phenoxy) is 1. The minimum absolute atomic E-state index is 0.0387. The van der Waals surface area contributed by atoms with Crippen LogP contribution in [0.4, 0.5) is 0 Å². The number of benzene rings is 1. The highest BCUT2D eigenvalue weighted by Crippen LogP contribution is 2.14. The average molecular weight is 227 g/mol. The van der Waals surface area contributed by atoms with E-state index in [2.05, 4.69) is 4.98 Å². The second-order valence-electron chi connectivity index (χ2n) is 3.59. The second-order valence-corrected chi connectivity index (χ2v) is 3.59. The Morgan fingerprint density at radius 1 is 1.29 bits per heavy atom. The van der Waals surface area contributed by atoms with E-state index in [1.807, 2.05) is 24.3 Å². The van der Waals surface area contributed by atoms with Gasteiger partial charge in [0.05, 0.1) is 0 Å². The van der Waals surface area contributed by atoms with Crippen molar-refractivity contribution in [3.8, 4) is 5.75 Å². The van der Waals surface area contributed by atoms with E-state index in [1.165, 1.54) is 0 Å². The van der Waals surface area contributed by atoms with Crippen LogP contribution in [0.1, 0.15) is 11.1 Å². The highest BCUT2D eigenvalue weighted by molar-refractivity contribution is 5.95. The molecule has 0 atom stereocenters. The predicted octanol–water partition coefficient (Wildman–Crippen LogP) is 1.94. The van der Waals surface area contributed by atoms with Gasteiger partial charge in [0.15, 0.2) is 0 Å². The van der Waals surface area contributed by atoms with Crippen molar-refractivity contribution in [2.24, 2.45) is 5.73 Å². The monoisotopic (exact) mass is 227 g/mol. The van der Waals surface area contributed by atoms with Crippen LogP contribution in [0.5, 0.6) is 5.75 Å². The Hall–Kier alpha value is -2.36. The van der Waals surface area contributed by atoms with E-state index in [4.69, 9.17) is 15.9 Å². The molecule has 86 valence electrons. The van der Waals surface area contributed by atoms with Crippen molar-refractivity contribution in [2.45, 2.75) is 6.61 Å². The summed E-state index contributed by atoms with van der Waals surface area (Å²) < 4.78 is 5.59. The topological polar surface area (TPSA) is 72.0 Å². The van der Waals surface area contributed by atoms with Crippen molar-refractivity contribution < 1.29 is 4.74 Å². The molecule has 0 radical (unpaired) electrons. The number of nitrogen functional groups attached to an aromatic ring is 1. The molecular formula is C13H13N3O. The lowest BCUT2D eigenvalue weighted by Gasteiger charge is -2.07. The summed E-state index contributed by atoms with van der Waals surface area (Å²) in [5, 5.41) is 7.34. The molecule has 0 aliphatic rings. The van der Waals surface area contributed by atoms with Crippen LogP contribution >= 0.6 is 0 Å². The quantitative estimate of drug-likeness (QED) is 0.619. The molecule has 4 nitrogen and oxygen atoms in total. The molecule has 0 aliphatic heterocycles. The van der Waals surface area contributed by atoms with Crippen LogP contribution in [0.15, 0.2) is 48.8 Å². The molecule has 0 bridgehead atoms. The van der Waals surface area contributed by atoms with Gasteiger partial charge in [-0.05, 0) is 18.2 Å². The maximum Gasteiger partial charge on any atom is 0.122 e. The van der Waals surface area contributed by atoms with Gasteiger partial charge in [0.1, 0.15) is 18.2 Å². The molecule has 0 unspecified atom stereocenters. The first-order valence-electron chi connectivity index (χ1n) is 5.22. The number of amidine groups is 1. The number of aromatic nitrogens is 1. The molecule has 0 saturated carbocycles. The third-order valence-electron chi connectivity index (χ3n) is 2.27. The lowest BCUT2D eigenvalue weighted by Crippen LogP contribution is -2.10. The Labute approximate surface area is 99.6 Å². The van der Waals surface area contributed by atoms with Crippen molar-refractivity contribution >= 4 is 5.84 Å². The SMILES string of the molecule is N=C(N)c1cccc(OCc2cccnc2)c1. The standard InChI is InChI=1S/C13H13N3O/c14-13(15)11-4-1-5-12(7-11)17-9-10-3-2-6-16-8-10/h1-8H,9H2,(H3,14,15). The van der Waals surface area contributed by atoms with Gasteiger partial charge in [0.25, 0.3) is 0 Å². The first-order chi connectivity index (χ1) is 8.25. The zero-order chi connectivity index (χ0) is 12.1. The van der Waals surface area contributed by atoms with Crippen molar-refractivity contribution in [3.05, 3.63) is 59.9 Å². The van der Waals surface area contributed by atoms with E-state index in [1.54, 1.807) is 24.5 Å². The molecule has 0 aliphatic carbocycles. The van der Waals surface area contributed by atoms with Gasteiger partial charge in [-0.15, -0.1) is 0 Å². The summed E-state index contributed by atoms with van der Waals surface area (Å²) >= 11 is 0. The van der Waals surface area contributed by atoms with Crippen molar-refractivity contribution in [1.82, 2.24) is 4.98 Å². The lowest BCUT2D eigenvalue weighted by atomic mass is 10.2. The normalized spacial score (nSPS) is 9.88. The molecule has 0 saturated heterocycles. The molecule has 2 aromatic rings. The summed E-state index contributed by atoms with van der Waals surface area (Å²) in [5.41, 5.74) is 7.07. The van der Waals surface area contributed by atoms with E-state index < -0.39 is 0 Å². The molecule has 1 aromatic carbocycles. The first-order valence-corrected chi connectivity index (χ1v) is 5.22. The van der Waals surface area contributed by atoms with E-state index in [0.717, 1.165) is 5.56 Å². The van der Waals surface area contributed by atoms with Gasteiger partial charge < -0.3 is 10.5 Å². The average Bonchev–Trinajstić information content (AvgIpc) is 2.38. The van der Waals surface area contributed by atoms with Crippen LogP contribution in [-0.2, 0) is 6.61 Å². The van der Waals surface area contributed by atoms with Crippen LogP contribution in [0.25, 0.3) is 0 Å². The van der Waals surface area contributed by atoms with Crippen LogP contribution in [-0.4, -0.2) is 10.8 Å². The molecule has 3 N–H and O–H groups in total. The lowest BCUT2D eigenvalue weighted by molar-refractivity contribution is 0.305. The molecule has 1 aromatic heterocycles. The fraction of sp³-hybridized carbons (Fsp3) is 0.0769. The number of pyridine rings is 1. The maximum atomic E-state index is 7.34. The molecule has 1 heterocycles. The summed E-state index contributed by atoms with van der Waals surface area (Å²) in [4.78, 5) is 4.01. The fourth-order valence-electron chi connectivity index (χ4n) is 1.40. The number of nitrogens with one attached hydrogen (secondary N) is 1. The minimum Gasteiger partial charge on any atom is -0.489 e. The van der Waals surface area contributed by atoms with Gasteiger partial charge in [-0.1, -0.05) is 18.2 Å². The molecule has 0 spiro atoms. The number of hydrogen-bond donors (Lipinski definition) is 2. The number of nitrogens with two attached hydrogens (primary N) is 1. The maximum absolute atomic E-state index is 7.34. The number of rotatable bonds is 4. The smallest absolute Gasteiger partial charge is 0.122 e. The summed E-state index contributed by atoms with van der Waals surface area (Å²) in [6.45, 7) is 0.454. The van der Waals surface area contributed by atoms with Crippen LogP contribution in [0, 0.1) is 5.41 Å². The van der Waals surface area contributed by atoms with Gasteiger partial charge in [-0.2, -0.15) is 0 Å². The summed E-state index contributed by atoms with van der Waals surface area (Å²) in [5.74, 6) is 0.735. The minimum atomic E-state index is 0.0387. The Kier molecular flexibility index (Phi) is 3.35. The zero-order valence-electron chi connectivity index (χ0n) is 9.26. The van der Waals surface area contributed by atoms with Crippen molar-refractivity contribution in [1.29, 1.82) is 5.41 Å². The van der Waals surface area contributed by atoms with Gasteiger partial charge in [-0.25, -0.2) is 0 Å². The third kappa shape index (κ3) is 3.04. The largest absolute Gasteiger partial charge is 0.489 e. The molecule has 0 amide bonds. The van der Waals surface area contributed by atoms with Crippen LogP contribution < -0.4 is 10.5 Å². The Morgan fingerprint density at radius 3 is 2.88 bits per heavy atom. The van der Waals surface area contributed by atoms with E-state index in [-0.39, 0.29) is 5.84 Å². The van der Waals surface area contributed by atoms with E-state index in [0.29, 0.717) is 17.9 Å². The van der Waals surface area contributed by atoms with Gasteiger partial charge in [0, 0.05) is 23.5 Å². The fourth-order valence-corrected chi connectivity index (χ4v) is 1.40. The Bertz CT molecular complexity index is 511. The first kappa shape index (κ1) is 11.1. The highest BCUT2D eigenvalue weighted by Gasteiger charge is 1.99. The number of hydrogen-bond acceptors (Lipinski definition) is 3. The molecule has 2 rings (SSSR count). The summed E-state index contributed by atoms with van der Waals surface area (Å²) in [6, 6.07) is 11.0. The molecule has 0 fully saturated rings. The molecular weight excluding hydrogens is 214 g/mol. The summed E-state index contributed by atoms with van der Waals surface area (Å²) in [6.07, 6.45) is 3.48. The van der Waals surface area contributed by atoms with E-state index >= 15 is 0 Å². The van der Waals surface area contributed by atoms with Crippen molar-refractivity contribution in [2.75, 3.05) is 0 Å². The molecule has 4 heteroatoms. The number of nitrogens with zero attached hydrogens (tertiary/aromatic N) is 1. The molecule has 17 heavy (non-hydrogen) atoms. The second kappa shape index (κ2) is 5.12. The predicted molar refractivity (Wildman–Crippen MR) is 66.0 cm³/mol. The highest BCUT2D eigenvalue weighted by atomic mass is 16.5. The Balaban J connectivity index is 2.04. The van der Waals surface area contributed by atoms with E-state index in [9.17, 15) is 0 Å². The van der Waals surface area contributed by atoms with Gasteiger partial charge in [-0.3, -0.25) is 10.4 Å². The van der Waals surface area contributed by atoms with Crippen LogP contribution in [0.2, 0.25) is 0 Å².